The van der Waals surface area contributed by atoms with Crippen LogP contribution in [0.4, 0.5) is 4.39 Å². The third-order valence-corrected chi connectivity index (χ3v) is 2.33. The van der Waals surface area contributed by atoms with Gasteiger partial charge in [0.15, 0.2) is 0 Å². The average molecular weight is 225 g/mol. The fraction of sp³-hybridized carbons (Fsp3) is 0.417. The van der Waals surface area contributed by atoms with E-state index in [1.807, 2.05) is 0 Å². The van der Waals surface area contributed by atoms with E-state index in [-0.39, 0.29) is 11.5 Å². The fourth-order valence-corrected chi connectivity index (χ4v) is 1.33. The minimum Gasteiger partial charge on any atom is -0.383 e. The number of hydrogen-bond acceptors (Lipinski definition) is 2. The average Bonchev–Trinajstić information content (AvgIpc) is 2.25. The van der Waals surface area contributed by atoms with Gasteiger partial charge in [-0.1, -0.05) is 6.07 Å². The second-order valence-corrected chi connectivity index (χ2v) is 3.70. The smallest absolute Gasteiger partial charge is 0.256 e. The summed E-state index contributed by atoms with van der Waals surface area (Å²) in [6.07, 6.45) is 0. The molecule has 16 heavy (non-hydrogen) atoms. The molecule has 3 nitrogen and oxygen atoms in total. The molecule has 0 aliphatic heterocycles. The van der Waals surface area contributed by atoms with E-state index in [0.29, 0.717) is 13.2 Å². The summed E-state index contributed by atoms with van der Waals surface area (Å²) >= 11 is 0. The zero-order chi connectivity index (χ0) is 12.1. The maximum Gasteiger partial charge on any atom is 0.256 e. The molecular formula is C12H16FNO2. The number of ether oxygens (including phenoxy) is 1. The van der Waals surface area contributed by atoms with Gasteiger partial charge in [0.2, 0.25) is 0 Å². The van der Waals surface area contributed by atoms with Crippen molar-refractivity contribution in [2.24, 2.45) is 0 Å². The number of hydrogen-bond donors (Lipinski definition) is 0. The van der Waals surface area contributed by atoms with Crippen molar-refractivity contribution in [1.82, 2.24) is 4.90 Å². The lowest BCUT2D eigenvalue weighted by atomic mass is 10.1. The number of nitrogens with zero attached hydrogens (tertiary/aromatic N) is 1. The van der Waals surface area contributed by atoms with Gasteiger partial charge in [-0.05, 0) is 24.6 Å². The molecule has 0 aliphatic rings. The van der Waals surface area contributed by atoms with Crippen molar-refractivity contribution < 1.29 is 13.9 Å². The molecular weight excluding hydrogens is 209 g/mol. The quantitative estimate of drug-likeness (QED) is 0.782. The largest absolute Gasteiger partial charge is 0.383 e. The molecule has 0 unspecified atom stereocenters. The predicted molar refractivity (Wildman–Crippen MR) is 60.0 cm³/mol. The van der Waals surface area contributed by atoms with Crippen molar-refractivity contribution in [3.05, 3.63) is 35.1 Å². The van der Waals surface area contributed by atoms with Crippen molar-refractivity contribution in [2.45, 2.75) is 6.92 Å². The number of amides is 1. The zero-order valence-corrected chi connectivity index (χ0v) is 9.79. The topological polar surface area (TPSA) is 29.5 Å². The number of carbonyl (C=O) groups excluding carboxylic acids is 1. The highest BCUT2D eigenvalue weighted by molar-refractivity contribution is 5.94. The Morgan fingerprint density at radius 3 is 2.75 bits per heavy atom. The van der Waals surface area contributed by atoms with E-state index in [1.165, 1.54) is 17.0 Å². The first kappa shape index (κ1) is 12.6. The number of likely N-dealkylation sites (N-methyl/N-ethyl adjacent to an activating group) is 1. The van der Waals surface area contributed by atoms with Crippen molar-refractivity contribution in [3.8, 4) is 0 Å². The standard InChI is InChI=1S/C12H16FNO2/c1-9-4-5-10(11(13)8-9)12(15)14(2)6-7-16-3/h4-5,8H,6-7H2,1-3H3. The molecule has 88 valence electrons. The van der Waals surface area contributed by atoms with Crippen LogP contribution in [0.3, 0.4) is 0 Å². The number of methoxy groups -OCH3 is 1. The van der Waals surface area contributed by atoms with E-state index in [1.54, 1.807) is 27.1 Å². The third kappa shape index (κ3) is 3.03. The van der Waals surface area contributed by atoms with Gasteiger partial charge in [-0.2, -0.15) is 0 Å². The van der Waals surface area contributed by atoms with Gasteiger partial charge in [-0.15, -0.1) is 0 Å². The highest BCUT2D eigenvalue weighted by Crippen LogP contribution is 2.11. The Hall–Kier alpha value is -1.42. The van der Waals surface area contributed by atoms with Crippen molar-refractivity contribution in [3.63, 3.8) is 0 Å². The molecule has 4 heteroatoms. The first-order valence-corrected chi connectivity index (χ1v) is 5.07. The summed E-state index contributed by atoms with van der Waals surface area (Å²) < 4.78 is 18.4. The molecule has 1 amide bonds. The van der Waals surface area contributed by atoms with Gasteiger partial charge in [-0.25, -0.2) is 4.39 Å². The number of carbonyl (C=O) groups is 1. The summed E-state index contributed by atoms with van der Waals surface area (Å²) in [5.41, 5.74) is 0.901. The van der Waals surface area contributed by atoms with Crippen LogP contribution in [0, 0.1) is 12.7 Å². The van der Waals surface area contributed by atoms with Crippen LogP contribution in [0.1, 0.15) is 15.9 Å². The maximum atomic E-state index is 13.5. The summed E-state index contributed by atoms with van der Waals surface area (Å²) in [6.45, 7) is 2.67. The molecule has 0 aromatic heterocycles. The minimum absolute atomic E-state index is 0.101. The predicted octanol–water partition coefficient (Wildman–Crippen LogP) is 1.85. The fourth-order valence-electron chi connectivity index (χ4n) is 1.33. The van der Waals surface area contributed by atoms with Crippen LogP contribution in [0.15, 0.2) is 18.2 Å². The summed E-state index contributed by atoms with van der Waals surface area (Å²) in [4.78, 5) is 13.3. The highest BCUT2D eigenvalue weighted by Gasteiger charge is 2.15. The Kier molecular flexibility index (Phi) is 4.43. The summed E-state index contributed by atoms with van der Waals surface area (Å²) in [5, 5.41) is 0. The van der Waals surface area contributed by atoms with E-state index in [9.17, 15) is 9.18 Å². The molecule has 1 rings (SSSR count). The van der Waals surface area contributed by atoms with E-state index in [2.05, 4.69) is 0 Å². The molecule has 0 saturated carbocycles. The van der Waals surface area contributed by atoms with Gasteiger partial charge in [0.25, 0.3) is 5.91 Å². The van der Waals surface area contributed by atoms with E-state index >= 15 is 0 Å². The Morgan fingerprint density at radius 2 is 2.19 bits per heavy atom. The molecule has 0 bridgehead atoms. The van der Waals surface area contributed by atoms with Gasteiger partial charge >= 0.3 is 0 Å². The number of benzene rings is 1. The molecule has 1 aromatic rings. The van der Waals surface area contributed by atoms with Crippen molar-refractivity contribution >= 4 is 5.91 Å². The van der Waals surface area contributed by atoms with Gasteiger partial charge in [0.1, 0.15) is 5.82 Å². The van der Waals surface area contributed by atoms with E-state index in [0.717, 1.165) is 5.56 Å². The Balaban J connectivity index is 2.79. The Labute approximate surface area is 94.8 Å². The van der Waals surface area contributed by atoms with Gasteiger partial charge in [0.05, 0.1) is 12.2 Å². The van der Waals surface area contributed by atoms with Crippen molar-refractivity contribution in [2.75, 3.05) is 27.3 Å². The van der Waals surface area contributed by atoms with Crippen LogP contribution in [0.25, 0.3) is 0 Å². The molecule has 0 radical (unpaired) electrons. The second-order valence-electron chi connectivity index (χ2n) is 3.70. The third-order valence-electron chi connectivity index (χ3n) is 2.33. The summed E-state index contributed by atoms with van der Waals surface area (Å²) in [6, 6.07) is 4.59. The first-order chi connectivity index (χ1) is 7.56. The molecule has 0 spiro atoms. The lowest BCUT2D eigenvalue weighted by molar-refractivity contribution is 0.0739. The molecule has 0 fully saturated rings. The normalized spacial score (nSPS) is 10.2. The molecule has 0 saturated heterocycles. The first-order valence-electron chi connectivity index (χ1n) is 5.07. The summed E-state index contributed by atoms with van der Waals surface area (Å²) in [7, 11) is 3.19. The van der Waals surface area contributed by atoms with Crippen molar-refractivity contribution in [1.29, 1.82) is 0 Å². The molecule has 1 aromatic carbocycles. The van der Waals surface area contributed by atoms with Gasteiger partial charge in [-0.3, -0.25) is 4.79 Å². The van der Waals surface area contributed by atoms with Gasteiger partial charge < -0.3 is 9.64 Å². The number of aryl methyl sites for hydroxylation is 1. The maximum absolute atomic E-state index is 13.5. The SMILES string of the molecule is COCCN(C)C(=O)c1ccc(C)cc1F. The van der Waals surface area contributed by atoms with Crippen LogP contribution < -0.4 is 0 Å². The molecule has 0 heterocycles. The number of halogens is 1. The van der Waals surface area contributed by atoms with Crippen LogP contribution in [0.2, 0.25) is 0 Å². The molecule has 0 atom stereocenters. The highest BCUT2D eigenvalue weighted by atomic mass is 19.1. The zero-order valence-electron chi connectivity index (χ0n) is 9.79. The van der Waals surface area contributed by atoms with Crippen LogP contribution >= 0.6 is 0 Å². The van der Waals surface area contributed by atoms with Crippen LogP contribution in [-0.2, 0) is 4.74 Å². The second kappa shape index (κ2) is 5.61. The lowest BCUT2D eigenvalue weighted by Crippen LogP contribution is -2.30. The van der Waals surface area contributed by atoms with E-state index < -0.39 is 5.82 Å². The number of rotatable bonds is 4. The Bertz CT molecular complexity index is 379. The summed E-state index contributed by atoms with van der Waals surface area (Å²) in [5.74, 6) is -0.802. The van der Waals surface area contributed by atoms with Crippen LogP contribution in [-0.4, -0.2) is 38.1 Å². The van der Waals surface area contributed by atoms with Gasteiger partial charge in [0, 0.05) is 20.7 Å². The minimum atomic E-state index is -0.478. The molecule has 0 aliphatic carbocycles. The lowest BCUT2D eigenvalue weighted by Gasteiger charge is -2.17. The monoisotopic (exact) mass is 225 g/mol. The van der Waals surface area contributed by atoms with Crippen LogP contribution in [0.5, 0.6) is 0 Å². The Morgan fingerprint density at radius 1 is 1.50 bits per heavy atom. The molecule has 0 N–H and O–H groups in total. The van der Waals surface area contributed by atoms with E-state index in [4.69, 9.17) is 4.74 Å².